The lowest BCUT2D eigenvalue weighted by Gasteiger charge is -2.61. The lowest BCUT2D eigenvalue weighted by atomic mass is 9.51. The van der Waals surface area contributed by atoms with Crippen molar-refractivity contribution in [1.29, 1.82) is 0 Å². The van der Waals surface area contributed by atoms with Crippen LogP contribution in [-0.4, -0.2) is 36.7 Å². The molecule has 7 heteroatoms. The molecule has 1 spiro atoms. The molecular weight excluding hydrogens is 479 g/mol. The molecule has 0 saturated heterocycles. The van der Waals surface area contributed by atoms with E-state index in [9.17, 15) is 0 Å². The van der Waals surface area contributed by atoms with E-state index < -0.39 is 0 Å². The van der Waals surface area contributed by atoms with Gasteiger partial charge >= 0.3 is 0 Å². The van der Waals surface area contributed by atoms with E-state index in [1.165, 1.54) is 24.8 Å². The average Bonchev–Trinajstić information content (AvgIpc) is 3.11. The molecule has 6 nitrogen and oxygen atoms in total. The molecule has 4 rings (SSSR count). The summed E-state index contributed by atoms with van der Waals surface area (Å²) < 4.78 is 11.8. The van der Waals surface area contributed by atoms with Gasteiger partial charge in [-0.05, 0) is 33.1 Å². The number of hydrogen-bond acceptors (Lipinski definition) is 4. The first-order chi connectivity index (χ1) is 13.6. The molecule has 2 aliphatic rings. The summed E-state index contributed by atoms with van der Waals surface area (Å²) >= 11 is 0. The number of hydrogen-bond donors (Lipinski definition) is 2. The summed E-state index contributed by atoms with van der Waals surface area (Å²) in [5.74, 6) is 2.23. The van der Waals surface area contributed by atoms with Crippen molar-refractivity contribution >= 4 is 29.9 Å². The Morgan fingerprint density at radius 3 is 2.69 bits per heavy atom. The lowest BCUT2D eigenvalue weighted by molar-refractivity contribution is -0.168. The third-order valence-electron chi connectivity index (χ3n) is 6.27. The van der Waals surface area contributed by atoms with Crippen LogP contribution in [0.25, 0.3) is 11.3 Å². The van der Waals surface area contributed by atoms with Crippen LogP contribution in [0.4, 0.5) is 0 Å². The fraction of sp³-hybridized carbons (Fsp3) is 0.545. The molecule has 1 heterocycles. The van der Waals surface area contributed by atoms with Crippen LogP contribution in [0.2, 0.25) is 0 Å². The Balaban J connectivity index is 0.00000240. The van der Waals surface area contributed by atoms with Crippen molar-refractivity contribution in [1.82, 2.24) is 15.6 Å². The van der Waals surface area contributed by atoms with E-state index in [1.54, 1.807) is 13.2 Å². The van der Waals surface area contributed by atoms with Gasteiger partial charge in [0.25, 0.3) is 0 Å². The molecular formula is C22H31IN4O2. The van der Waals surface area contributed by atoms with E-state index in [0.717, 1.165) is 30.3 Å². The summed E-state index contributed by atoms with van der Waals surface area (Å²) in [6.45, 7) is 5.44. The highest BCUT2D eigenvalue weighted by atomic mass is 127. The minimum atomic E-state index is 0. The normalized spacial score (nSPS) is 22.4. The monoisotopic (exact) mass is 510 g/mol. The SMILES string of the molecule is CCOC1CC(NC(=NC)NCc2ncc(-c3ccc(C)cc3)o2)C12CCC2.I. The number of aryl methyl sites for hydroxylation is 1. The molecule has 2 atom stereocenters. The third-order valence-corrected chi connectivity index (χ3v) is 6.27. The number of nitrogens with one attached hydrogen (secondary N) is 2. The molecule has 158 valence electrons. The summed E-state index contributed by atoms with van der Waals surface area (Å²) in [6.07, 6.45) is 7.00. The van der Waals surface area contributed by atoms with Gasteiger partial charge in [-0.25, -0.2) is 4.98 Å². The van der Waals surface area contributed by atoms with Gasteiger partial charge in [0.05, 0.1) is 18.8 Å². The van der Waals surface area contributed by atoms with Gasteiger partial charge in [-0.15, -0.1) is 24.0 Å². The zero-order chi connectivity index (χ0) is 19.6. The standard InChI is InChI=1S/C22H30N4O2.HI/c1-4-27-19-12-18(22(19)10-5-11-22)26-21(23-3)25-14-20-24-13-17(28-20)16-8-6-15(2)7-9-16;/h6-9,13,18-19H,4-5,10-12,14H2,1-3H3,(H2,23,25,26);1H. The van der Waals surface area contributed by atoms with Gasteiger partial charge in [0.15, 0.2) is 11.7 Å². The largest absolute Gasteiger partial charge is 0.439 e. The quantitative estimate of drug-likeness (QED) is 0.345. The van der Waals surface area contributed by atoms with Crippen LogP contribution in [-0.2, 0) is 11.3 Å². The zero-order valence-electron chi connectivity index (χ0n) is 17.4. The van der Waals surface area contributed by atoms with Gasteiger partial charge in [-0.2, -0.15) is 0 Å². The van der Waals surface area contributed by atoms with E-state index in [0.29, 0.717) is 30.0 Å². The Morgan fingerprint density at radius 1 is 1.31 bits per heavy atom. The average molecular weight is 510 g/mol. The van der Waals surface area contributed by atoms with E-state index in [2.05, 4.69) is 58.7 Å². The number of rotatable bonds is 6. The van der Waals surface area contributed by atoms with Crippen molar-refractivity contribution < 1.29 is 9.15 Å². The van der Waals surface area contributed by atoms with Crippen LogP contribution in [0.1, 0.15) is 44.1 Å². The number of aliphatic imine (C=N–C) groups is 1. The summed E-state index contributed by atoms with van der Waals surface area (Å²) in [5.41, 5.74) is 2.57. The molecule has 2 saturated carbocycles. The lowest BCUT2D eigenvalue weighted by Crippen LogP contribution is -2.68. The first-order valence-electron chi connectivity index (χ1n) is 10.2. The van der Waals surface area contributed by atoms with Crippen molar-refractivity contribution in [2.45, 2.75) is 58.2 Å². The predicted molar refractivity (Wildman–Crippen MR) is 126 cm³/mol. The van der Waals surface area contributed by atoms with Gasteiger partial charge in [0.1, 0.15) is 0 Å². The highest BCUT2D eigenvalue weighted by Gasteiger charge is 2.59. The van der Waals surface area contributed by atoms with Crippen LogP contribution in [0.15, 0.2) is 39.9 Å². The molecule has 2 aliphatic carbocycles. The van der Waals surface area contributed by atoms with Gasteiger partial charge in [0.2, 0.25) is 5.89 Å². The number of guanidine groups is 1. The summed E-state index contributed by atoms with van der Waals surface area (Å²) in [5, 5.41) is 6.92. The Bertz CT molecular complexity index is 830. The second-order valence-electron chi connectivity index (χ2n) is 7.87. The number of nitrogens with zero attached hydrogens (tertiary/aromatic N) is 2. The van der Waals surface area contributed by atoms with Crippen LogP contribution in [0, 0.1) is 12.3 Å². The minimum Gasteiger partial charge on any atom is -0.439 e. The first-order valence-corrected chi connectivity index (χ1v) is 10.2. The maximum absolute atomic E-state index is 5.94. The second kappa shape index (κ2) is 9.47. The van der Waals surface area contributed by atoms with Crippen LogP contribution < -0.4 is 10.6 Å². The molecule has 0 bridgehead atoms. The van der Waals surface area contributed by atoms with Gasteiger partial charge in [-0.1, -0.05) is 36.2 Å². The van der Waals surface area contributed by atoms with E-state index >= 15 is 0 Å². The minimum absolute atomic E-state index is 0. The van der Waals surface area contributed by atoms with Crippen molar-refractivity contribution in [3.8, 4) is 11.3 Å². The molecule has 1 aromatic carbocycles. The highest BCUT2D eigenvalue weighted by molar-refractivity contribution is 14.0. The summed E-state index contributed by atoms with van der Waals surface area (Å²) in [4.78, 5) is 8.77. The van der Waals surface area contributed by atoms with Gasteiger partial charge < -0.3 is 19.8 Å². The predicted octanol–water partition coefficient (Wildman–Crippen LogP) is 4.28. The number of oxazole rings is 1. The zero-order valence-corrected chi connectivity index (χ0v) is 19.7. The Kier molecular flexibility index (Phi) is 7.21. The van der Waals surface area contributed by atoms with Crippen molar-refractivity contribution in [2.24, 2.45) is 10.4 Å². The van der Waals surface area contributed by atoms with Gasteiger partial charge in [-0.3, -0.25) is 4.99 Å². The van der Waals surface area contributed by atoms with Crippen molar-refractivity contribution in [3.63, 3.8) is 0 Å². The maximum Gasteiger partial charge on any atom is 0.214 e. The molecule has 0 aliphatic heterocycles. The number of ether oxygens (including phenoxy) is 1. The van der Waals surface area contributed by atoms with E-state index in [4.69, 9.17) is 9.15 Å². The van der Waals surface area contributed by atoms with Crippen LogP contribution >= 0.6 is 24.0 Å². The fourth-order valence-electron chi connectivity index (χ4n) is 4.40. The smallest absolute Gasteiger partial charge is 0.214 e. The molecule has 29 heavy (non-hydrogen) atoms. The fourth-order valence-corrected chi connectivity index (χ4v) is 4.40. The molecule has 2 fully saturated rings. The maximum atomic E-state index is 5.94. The molecule has 2 unspecified atom stereocenters. The van der Waals surface area contributed by atoms with E-state index in [1.807, 2.05) is 0 Å². The molecule has 0 radical (unpaired) electrons. The highest BCUT2D eigenvalue weighted by Crippen LogP contribution is 2.57. The third kappa shape index (κ3) is 4.45. The number of halogens is 1. The number of benzene rings is 1. The number of aromatic nitrogens is 1. The topological polar surface area (TPSA) is 71.7 Å². The molecule has 1 aromatic heterocycles. The van der Waals surface area contributed by atoms with Crippen LogP contribution in [0.3, 0.4) is 0 Å². The summed E-state index contributed by atoms with van der Waals surface area (Å²) in [7, 11) is 1.80. The van der Waals surface area contributed by atoms with Crippen LogP contribution in [0.5, 0.6) is 0 Å². The summed E-state index contributed by atoms with van der Waals surface area (Å²) in [6, 6.07) is 8.68. The van der Waals surface area contributed by atoms with Gasteiger partial charge in [0, 0.05) is 30.7 Å². The Labute approximate surface area is 189 Å². The molecule has 2 N–H and O–H groups in total. The van der Waals surface area contributed by atoms with Crippen molar-refractivity contribution in [3.05, 3.63) is 41.9 Å². The Hall–Kier alpha value is -1.61. The molecule has 2 aromatic rings. The molecule has 0 amide bonds. The second-order valence-corrected chi connectivity index (χ2v) is 7.87. The first kappa shape index (κ1) is 22.1. The Morgan fingerprint density at radius 2 is 2.07 bits per heavy atom. The van der Waals surface area contributed by atoms with Crippen molar-refractivity contribution in [2.75, 3.05) is 13.7 Å². The van der Waals surface area contributed by atoms with E-state index in [-0.39, 0.29) is 24.0 Å².